The van der Waals surface area contributed by atoms with Crippen molar-refractivity contribution in [1.82, 2.24) is 0 Å². The molecule has 4 aromatic rings. The van der Waals surface area contributed by atoms with E-state index < -0.39 is 0 Å². The molecule has 21 heavy (non-hydrogen) atoms. The molecule has 1 aromatic heterocycles. The van der Waals surface area contributed by atoms with Crippen LogP contribution in [0.15, 0.2) is 66.1 Å². The Bertz CT molecular complexity index is 1020. The largest absolute Gasteiger partial charge is 0.455 e. The molecule has 0 saturated carbocycles. The average molecular weight is 270 g/mol. The van der Waals surface area contributed by atoms with Gasteiger partial charge in [0.15, 0.2) is 0 Å². The van der Waals surface area contributed by atoms with Gasteiger partial charge in [-0.15, -0.1) is 0 Å². The molecule has 0 fully saturated rings. The molecule has 0 saturated heterocycles. The third-order valence-electron chi connectivity index (χ3n) is 4.02. The van der Waals surface area contributed by atoms with Gasteiger partial charge in [0, 0.05) is 16.3 Å². The van der Waals surface area contributed by atoms with E-state index in [1.165, 1.54) is 16.2 Å². The molecular weight excluding hydrogens is 256 g/mol. The van der Waals surface area contributed by atoms with E-state index >= 15 is 0 Å². The topological polar surface area (TPSA) is 13.1 Å². The highest BCUT2D eigenvalue weighted by molar-refractivity contribution is 6.19. The van der Waals surface area contributed by atoms with Crippen molar-refractivity contribution in [2.75, 3.05) is 0 Å². The lowest BCUT2D eigenvalue weighted by Gasteiger charge is -2.04. The zero-order valence-corrected chi connectivity index (χ0v) is 11.6. The fraction of sp³-hybridized carbons (Fsp3) is 0. The van der Waals surface area contributed by atoms with Gasteiger partial charge < -0.3 is 4.42 Å². The van der Waals surface area contributed by atoms with Crippen LogP contribution in [-0.4, -0.2) is 0 Å². The predicted octanol–water partition coefficient (Wildman–Crippen LogP) is 6.03. The van der Waals surface area contributed by atoms with Gasteiger partial charge in [0.2, 0.25) is 0 Å². The Hall–Kier alpha value is -2.80. The Morgan fingerprint density at radius 2 is 1.52 bits per heavy atom. The van der Waals surface area contributed by atoms with Crippen LogP contribution in [0.1, 0.15) is 11.3 Å². The molecule has 0 amide bonds. The Balaban J connectivity index is 2.32. The number of benzene rings is 3. The van der Waals surface area contributed by atoms with Crippen LogP contribution in [0, 0.1) is 0 Å². The molecule has 0 radical (unpaired) electrons. The van der Waals surface area contributed by atoms with Crippen molar-refractivity contribution in [3.63, 3.8) is 0 Å². The average Bonchev–Trinajstić information content (AvgIpc) is 2.92. The second-order valence-electron chi connectivity index (χ2n) is 5.12. The highest BCUT2D eigenvalue weighted by atomic mass is 16.3. The van der Waals surface area contributed by atoms with Crippen LogP contribution in [0.3, 0.4) is 0 Å². The zero-order chi connectivity index (χ0) is 14.4. The van der Waals surface area contributed by atoms with Gasteiger partial charge in [0.05, 0.1) is 0 Å². The molecule has 0 bridgehead atoms. The third-order valence-corrected chi connectivity index (χ3v) is 4.02. The van der Waals surface area contributed by atoms with Gasteiger partial charge in [0.1, 0.15) is 11.3 Å². The molecule has 4 rings (SSSR count). The Morgan fingerprint density at radius 3 is 2.33 bits per heavy atom. The molecule has 0 spiro atoms. The first-order chi connectivity index (χ1) is 10.3. The van der Waals surface area contributed by atoms with E-state index in [-0.39, 0.29) is 0 Å². The predicted molar refractivity (Wildman–Crippen MR) is 91.4 cm³/mol. The summed E-state index contributed by atoms with van der Waals surface area (Å²) in [5, 5.41) is 5.85. The van der Waals surface area contributed by atoms with Gasteiger partial charge in [0.25, 0.3) is 0 Å². The summed E-state index contributed by atoms with van der Waals surface area (Å²) >= 11 is 0. The Morgan fingerprint density at radius 1 is 0.762 bits per heavy atom. The quantitative estimate of drug-likeness (QED) is 0.405. The van der Waals surface area contributed by atoms with Crippen LogP contribution < -0.4 is 0 Å². The number of furan rings is 1. The fourth-order valence-corrected chi connectivity index (χ4v) is 3.04. The van der Waals surface area contributed by atoms with E-state index in [1.54, 1.807) is 6.08 Å². The standard InChI is InChI=1S/C20H14O/c1-3-15-17-12-11-14-10-9-13-7-5-6-8-16(13)19(14)20(17)21-18(15)4-2/h3-12H,1-2H2. The van der Waals surface area contributed by atoms with E-state index in [9.17, 15) is 0 Å². The van der Waals surface area contributed by atoms with Gasteiger partial charge in [-0.3, -0.25) is 0 Å². The summed E-state index contributed by atoms with van der Waals surface area (Å²) in [7, 11) is 0. The van der Waals surface area contributed by atoms with Crippen LogP contribution in [0.5, 0.6) is 0 Å². The summed E-state index contributed by atoms with van der Waals surface area (Å²) in [6.45, 7) is 7.73. The van der Waals surface area contributed by atoms with Crippen molar-refractivity contribution in [1.29, 1.82) is 0 Å². The smallest absolute Gasteiger partial charge is 0.143 e. The van der Waals surface area contributed by atoms with Crippen molar-refractivity contribution < 1.29 is 4.42 Å². The molecule has 1 nitrogen and oxygen atoms in total. The molecule has 0 N–H and O–H groups in total. The van der Waals surface area contributed by atoms with Crippen LogP contribution in [-0.2, 0) is 0 Å². The minimum absolute atomic E-state index is 0.778. The maximum atomic E-state index is 6.07. The van der Waals surface area contributed by atoms with Gasteiger partial charge in [-0.25, -0.2) is 0 Å². The van der Waals surface area contributed by atoms with Crippen LogP contribution in [0.25, 0.3) is 44.7 Å². The maximum absolute atomic E-state index is 6.07. The first-order valence-electron chi connectivity index (χ1n) is 6.95. The zero-order valence-electron chi connectivity index (χ0n) is 11.6. The maximum Gasteiger partial charge on any atom is 0.143 e. The third kappa shape index (κ3) is 1.58. The molecule has 3 aromatic carbocycles. The van der Waals surface area contributed by atoms with Gasteiger partial charge in [-0.1, -0.05) is 61.7 Å². The van der Waals surface area contributed by atoms with Gasteiger partial charge >= 0.3 is 0 Å². The molecule has 1 heterocycles. The minimum atomic E-state index is 0.778. The van der Waals surface area contributed by atoms with Gasteiger partial charge in [-0.05, 0) is 28.3 Å². The SMILES string of the molecule is C=Cc1oc2c(ccc3ccc4ccccc4c32)c1C=C. The first-order valence-corrected chi connectivity index (χ1v) is 6.95. The fourth-order valence-electron chi connectivity index (χ4n) is 3.04. The number of rotatable bonds is 2. The molecule has 0 unspecified atom stereocenters. The molecule has 0 aliphatic rings. The van der Waals surface area contributed by atoms with E-state index in [4.69, 9.17) is 4.42 Å². The van der Waals surface area contributed by atoms with Crippen molar-refractivity contribution in [2.24, 2.45) is 0 Å². The summed E-state index contributed by atoms with van der Waals surface area (Å²) < 4.78 is 6.07. The Labute approximate surface area is 122 Å². The van der Waals surface area contributed by atoms with Gasteiger partial charge in [-0.2, -0.15) is 0 Å². The lowest BCUT2D eigenvalue weighted by atomic mass is 9.99. The molecule has 100 valence electrons. The number of hydrogen-bond acceptors (Lipinski definition) is 1. The number of fused-ring (bicyclic) bond motifs is 5. The van der Waals surface area contributed by atoms with E-state index in [1.807, 2.05) is 6.08 Å². The molecule has 0 aliphatic heterocycles. The molecule has 0 atom stereocenters. The van der Waals surface area contributed by atoms with Crippen LogP contribution >= 0.6 is 0 Å². The molecular formula is C20H14O. The first kappa shape index (κ1) is 12.0. The lowest BCUT2D eigenvalue weighted by Crippen LogP contribution is -1.79. The van der Waals surface area contributed by atoms with Crippen molar-refractivity contribution >= 4 is 44.7 Å². The second-order valence-corrected chi connectivity index (χ2v) is 5.12. The van der Waals surface area contributed by atoms with Crippen LogP contribution in [0.2, 0.25) is 0 Å². The highest BCUT2D eigenvalue weighted by Crippen LogP contribution is 2.36. The van der Waals surface area contributed by atoms with E-state index in [2.05, 4.69) is 61.7 Å². The van der Waals surface area contributed by atoms with Crippen molar-refractivity contribution in [2.45, 2.75) is 0 Å². The lowest BCUT2D eigenvalue weighted by molar-refractivity contribution is 0.607. The van der Waals surface area contributed by atoms with E-state index in [0.29, 0.717) is 0 Å². The molecule has 0 aliphatic carbocycles. The normalized spacial score (nSPS) is 11.2. The van der Waals surface area contributed by atoms with Crippen molar-refractivity contribution in [3.05, 3.63) is 73.0 Å². The van der Waals surface area contributed by atoms with Crippen molar-refractivity contribution in [3.8, 4) is 0 Å². The summed E-state index contributed by atoms with van der Waals surface area (Å²) in [5.41, 5.74) is 1.92. The summed E-state index contributed by atoms with van der Waals surface area (Å²) in [6, 6.07) is 16.9. The summed E-state index contributed by atoms with van der Waals surface area (Å²) in [4.78, 5) is 0. The summed E-state index contributed by atoms with van der Waals surface area (Å²) in [6.07, 6.45) is 3.58. The van der Waals surface area contributed by atoms with Crippen LogP contribution in [0.4, 0.5) is 0 Å². The monoisotopic (exact) mass is 270 g/mol. The molecule has 1 heteroatoms. The second kappa shape index (κ2) is 4.35. The number of hydrogen-bond donors (Lipinski definition) is 0. The highest BCUT2D eigenvalue weighted by Gasteiger charge is 2.13. The Kier molecular flexibility index (Phi) is 2.48. The minimum Gasteiger partial charge on any atom is -0.455 e. The summed E-state index contributed by atoms with van der Waals surface area (Å²) in [5.74, 6) is 0.778. The van der Waals surface area contributed by atoms with E-state index in [0.717, 1.165) is 27.7 Å².